The van der Waals surface area contributed by atoms with E-state index in [1.807, 2.05) is 22.6 Å². The number of benzene rings is 8. The van der Waals surface area contributed by atoms with Crippen LogP contribution in [0.25, 0.3) is 0 Å². The minimum absolute atomic E-state index is 0.0657. The molecule has 16 amide bonds. The highest BCUT2D eigenvalue weighted by atomic mass is 127. The molecule has 8 N–H and O–H groups in total. The quantitative estimate of drug-likeness (QED) is 0.0206. The Morgan fingerprint density at radius 1 is 0.229 bits per heavy atom. The predicted molar refractivity (Wildman–Crippen MR) is 606 cm³/mol. The summed E-state index contributed by atoms with van der Waals surface area (Å²) in [7, 11) is 1.24. The van der Waals surface area contributed by atoms with Crippen molar-refractivity contribution >= 4 is 327 Å². The molecular weight excluding hydrogens is 2750 g/mol. The molecule has 8 aromatic carbocycles. The first kappa shape index (κ1) is 107. The molecule has 8 aliphatic heterocycles. The molecule has 0 aromatic heterocycles. The van der Waals surface area contributed by atoms with Gasteiger partial charge in [0.25, 0.3) is 41.4 Å². The number of anilines is 8. The zero-order chi connectivity index (χ0) is 103. The third kappa shape index (κ3) is 23.8. The van der Waals surface area contributed by atoms with Crippen LogP contribution in [0.2, 0.25) is 0 Å². The molecular formula is C102H100I8N16O18. The van der Waals surface area contributed by atoms with Crippen LogP contribution in [-0.2, 0) is 47.9 Å². The topological polar surface area (TPSA) is 422 Å². The van der Waals surface area contributed by atoms with Crippen LogP contribution in [0.3, 0.4) is 0 Å². The number of nitrogens with zero attached hydrogens (tertiary/aromatic N) is 8. The van der Waals surface area contributed by atoms with Crippen molar-refractivity contribution in [2.45, 2.75) is 172 Å². The van der Waals surface area contributed by atoms with E-state index < -0.39 is 148 Å². The average molecular weight is 2850 g/mol. The fraction of sp³-hybridized carbons (Fsp3) is 0.363. The molecule has 8 saturated heterocycles. The first-order chi connectivity index (χ1) is 68.8. The van der Waals surface area contributed by atoms with Gasteiger partial charge in [0.15, 0.2) is 0 Å². The Hall–Kier alpha value is -9.41. The number of amides is 16. The van der Waals surface area contributed by atoms with Gasteiger partial charge in [-0.1, -0.05) is 20.8 Å². The van der Waals surface area contributed by atoms with Gasteiger partial charge >= 0.3 is 5.97 Å². The first-order valence-corrected chi connectivity index (χ1v) is 55.8. The van der Waals surface area contributed by atoms with Crippen molar-refractivity contribution in [2.24, 2.45) is 5.41 Å². The fourth-order valence-corrected chi connectivity index (χ4v) is 24.0. The summed E-state index contributed by atoms with van der Waals surface area (Å²) in [6, 6.07) is 31.5. The lowest BCUT2D eigenvalue weighted by molar-refractivity contribution is -0.143. The summed E-state index contributed by atoms with van der Waals surface area (Å²) in [6.07, 6.45) is 6.06. The average Bonchev–Trinajstić information content (AvgIpc) is 1.49. The largest absolute Gasteiger partial charge is 0.465 e. The molecule has 0 radical (unpaired) electrons. The van der Waals surface area contributed by atoms with E-state index >= 15 is 24.0 Å². The standard InChI is InChI=1S/C102H100I8N16O18/c1-102(2,3)101(143)126-44-12-20-84(126)92(134)117-75-35-27-59(109)51-67(75)99(141)124-42-10-18-82(124)90(132)115-73-33-25-57(107)49-65(73)97(139)122-40-8-16-80(122)88(130)113-71-31-23-55(105)47-63(71)95(137)120-38-6-14-78(120)86(128)111-69-29-21-53(103)45-61(69)93(135)119-37-5-13-77(119)85(127)112-70-30-22-54(104)46-62(70)94(136)121-39-7-15-79(121)87(129)114-72-32-24-56(106)48-64(72)96(138)123-41-9-17-81(123)89(131)116-74-34-26-58(108)50-66(74)98(140)125-43-11-19-83(125)91(133)118-76-36-28-60(110)52-68(76)100(142)144-4/h21-36,45-52,77-84H,5-20,37-44H2,1-4H3,(H,111,128)(H,112,127)(H,113,130)(H,114,129)(H,115,132)(H,116,131)(H,117,134)(H,118,133)/t77-,78-,79-,80-,81-,82-,83-,84-/m0/s1. The van der Waals surface area contributed by atoms with Crippen molar-refractivity contribution < 1.29 is 86.2 Å². The molecule has 16 rings (SSSR count). The lowest BCUT2D eigenvalue weighted by Crippen LogP contribution is -2.47. The Balaban J connectivity index is 0.542. The van der Waals surface area contributed by atoms with Crippen LogP contribution in [-0.4, -0.2) is 247 Å². The Bertz CT molecular complexity index is 6480. The van der Waals surface area contributed by atoms with Crippen molar-refractivity contribution in [3.8, 4) is 0 Å². The molecule has 34 nitrogen and oxygen atoms in total. The van der Waals surface area contributed by atoms with Crippen LogP contribution in [0.4, 0.5) is 45.5 Å². The normalized spacial score (nSPS) is 19.8. The van der Waals surface area contributed by atoms with E-state index in [4.69, 9.17) is 4.74 Å². The van der Waals surface area contributed by atoms with Crippen molar-refractivity contribution in [3.05, 3.63) is 219 Å². The highest BCUT2D eigenvalue weighted by molar-refractivity contribution is 14.1. The van der Waals surface area contributed by atoms with E-state index in [1.165, 1.54) is 41.4 Å². The minimum atomic E-state index is -1.07. The summed E-state index contributed by atoms with van der Waals surface area (Å²) in [5.41, 5.74) is 1.38. The highest BCUT2D eigenvalue weighted by Crippen LogP contribution is 2.40. The Labute approximate surface area is 939 Å². The van der Waals surface area contributed by atoms with Gasteiger partial charge in [0.1, 0.15) is 48.3 Å². The van der Waals surface area contributed by atoms with Crippen molar-refractivity contribution in [2.75, 3.05) is 102 Å². The van der Waals surface area contributed by atoms with E-state index in [1.54, 1.807) is 171 Å². The zero-order valence-electron chi connectivity index (χ0n) is 78.4. The fourth-order valence-electron chi connectivity index (χ4n) is 20.0. The molecule has 0 aliphatic carbocycles. The van der Waals surface area contributed by atoms with Crippen LogP contribution < -0.4 is 42.5 Å². The zero-order valence-corrected chi connectivity index (χ0v) is 95.7. The van der Waals surface area contributed by atoms with Crippen LogP contribution >= 0.6 is 181 Å². The molecule has 0 bridgehead atoms. The minimum Gasteiger partial charge on any atom is -0.465 e. The Morgan fingerprint density at radius 3 is 0.521 bits per heavy atom. The van der Waals surface area contributed by atoms with E-state index in [0.717, 1.165) is 3.57 Å². The molecule has 0 unspecified atom stereocenters. The van der Waals surface area contributed by atoms with Crippen LogP contribution in [0.5, 0.6) is 0 Å². The molecule has 8 heterocycles. The van der Waals surface area contributed by atoms with Gasteiger partial charge < -0.3 is 86.5 Å². The second kappa shape index (κ2) is 46.6. The number of likely N-dealkylation sites (tertiary alicyclic amines) is 8. The second-order valence-corrected chi connectivity index (χ2v) is 47.4. The predicted octanol–water partition coefficient (Wildman–Crippen LogP) is 16.0. The van der Waals surface area contributed by atoms with E-state index in [9.17, 15) is 57.5 Å². The number of carbonyl (C=O) groups is 17. The SMILES string of the molecule is COC(=O)c1cc(I)ccc1NC(=O)[C@@H]1CCCN1C(=O)c1cc(I)ccc1NC(=O)[C@@H]1CCCN1C(=O)c1cc(I)ccc1NC(=O)[C@@H]1CCCN1C(=O)c1cc(I)ccc1NC(=O)[C@@H]1CCCN1C(=O)c1cc(I)ccc1NC(=O)[C@@H]1CCCN1C(=O)c1cc(I)ccc1NC(=O)[C@@H]1CCCN1C(=O)c1cc(I)ccc1NC(=O)[C@@H]1CCCN1C(=O)c1cc(I)ccc1NC(=O)[C@@H]1CCCN1C(=O)C(C)(C)C. The van der Waals surface area contributed by atoms with Crippen LogP contribution in [0, 0.1) is 34.0 Å². The van der Waals surface area contributed by atoms with Gasteiger partial charge in [0.05, 0.1) is 97.1 Å². The summed E-state index contributed by atoms with van der Waals surface area (Å²) in [6.45, 7) is 7.08. The maximum atomic E-state index is 15.2. The van der Waals surface area contributed by atoms with Crippen molar-refractivity contribution in [1.82, 2.24) is 39.2 Å². The number of nitrogens with one attached hydrogen (secondary N) is 8. The summed E-state index contributed by atoms with van der Waals surface area (Å²) in [5.74, 6) is -9.09. The van der Waals surface area contributed by atoms with Crippen LogP contribution in [0.15, 0.2) is 146 Å². The molecule has 144 heavy (non-hydrogen) atoms. The summed E-state index contributed by atoms with van der Waals surface area (Å²) < 4.78 is 10.3. The van der Waals surface area contributed by atoms with Gasteiger partial charge in [0.2, 0.25) is 53.2 Å². The number of hydrogen-bond donors (Lipinski definition) is 8. The number of ether oxygens (including phenoxy) is 1. The number of esters is 1. The van der Waals surface area contributed by atoms with E-state index in [2.05, 4.69) is 201 Å². The summed E-state index contributed by atoms with van der Waals surface area (Å²) in [5, 5.41) is 23.4. The van der Waals surface area contributed by atoms with Gasteiger partial charge in [-0.15, -0.1) is 0 Å². The molecule has 42 heteroatoms. The molecule has 8 atom stereocenters. The maximum absolute atomic E-state index is 15.2. The van der Waals surface area contributed by atoms with Crippen LogP contribution in [0.1, 0.15) is 206 Å². The first-order valence-electron chi connectivity index (χ1n) is 47.2. The Morgan fingerprint density at radius 2 is 0.368 bits per heavy atom. The molecule has 0 saturated carbocycles. The van der Waals surface area contributed by atoms with Gasteiger partial charge in [-0.05, 0) is 429 Å². The van der Waals surface area contributed by atoms with Crippen molar-refractivity contribution in [3.63, 3.8) is 0 Å². The molecule has 8 fully saturated rings. The lowest BCUT2D eigenvalue weighted by atomic mass is 9.94. The van der Waals surface area contributed by atoms with Gasteiger partial charge in [-0.2, -0.15) is 0 Å². The lowest BCUT2D eigenvalue weighted by Gasteiger charge is -2.30. The van der Waals surface area contributed by atoms with Gasteiger partial charge in [-0.25, -0.2) is 4.79 Å². The molecule has 8 aliphatic rings. The summed E-state index contributed by atoms with van der Waals surface area (Å²) in [4.78, 5) is 259. The Kier molecular flexibility index (Phi) is 34.7. The highest BCUT2D eigenvalue weighted by Gasteiger charge is 2.47. The number of rotatable bonds is 24. The number of methoxy groups -OCH3 is 1. The maximum Gasteiger partial charge on any atom is 0.340 e. The molecule has 752 valence electrons. The van der Waals surface area contributed by atoms with Gasteiger partial charge in [0, 0.05) is 86.3 Å². The number of carbonyl (C=O) groups excluding carboxylic acids is 17. The van der Waals surface area contributed by atoms with Gasteiger partial charge in [-0.3, -0.25) is 76.7 Å². The number of hydrogen-bond acceptors (Lipinski definition) is 18. The third-order valence-corrected chi connectivity index (χ3v) is 32.5. The second-order valence-electron chi connectivity index (χ2n) is 37.4. The summed E-state index contributed by atoms with van der Waals surface area (Å²) >= 11 is 16.5. The van der Waals surface area contributed by atoms with E-state index in [-0.39, 0.29) is 174 Å². The molecule has 8 aromatic rings. The van der Waals surface area contributed by atoms with E-state index in [0.29, 0.717) is 102 Å². The molecule has 0 spiro atoms. The smallest absolute Gasteiger partial charge is 0.340 e. The third-order valence-electron chi connectivity index (χ3n) is 27.1. The monoisotopic (exact) mass is 2850 g/mol. The van der Waals surface area contributed by atoms with Crippen molar-refractivity contribution in [1.29, 1.82) is 0 Å². The number of halogens is 8.